The maximum absolute atomic E-state index is 13.3. The second-order valence-corrected chi connectivity index (χ2v) is 3.71. The van der Waals surface area contributed by atoms with Crippen LogP contribution in [-0.2, 0) is 0 Å². The van der Waals surface area contributed by atoms with Crippen molar-refractivity contribution in [2.75, 3.05) is 6.61 Å². The molecule has 0 aliphatic carbocycles. The molecule has 0 aliphatic rings. The van der Waals surface area contributed by atoms with Crippen LogP contribution in [0.4, 0.5) is 4.39 Å². The lowest BCUT2D eigenvalue weighted by molar-refractivity contribution is 0.308. The van der Waals surface area contributed by atoms with E-state index in [0.717, 1.165) is 12.8 Å². The van der Waals surface area contributed by atoms with Crippen LogP contribution in [0.3, 0.4) is 0 Å². The van der Waals surface area contributed by atoms with E-state index in [9.17, 15) is 4.39 Å². The number of halogens is 1. The molecule has 1 rings (SSSR count). The van der Waals surface area contributed by atoms with Crippen LogP contribution in [-0.4, -0.2) is 23.8 Å². The zero-order valence-corrected chi connectivity index (χ0v) is 9.53. The van der Waals surface area contributed by atoms with Crippen LogP contribution in [0.25, 0.3) is 0 Å². The van der Waals surface area contributed by atoms with E-state index in [4.69, 9.17) is 14.8 Å². The lowest BCUT2D eigenvalue weighted by Gasteiger charge is -2.12. The van der Waals surface area contributed by atoms with E-state index in [0.29, 0.717) is 12.2 Å². The van der Waals surface area contributed by atoms with Gasteiger partial charge in [0.1, 0.15) is 11.6 Å². The first-order chi connectivity index (χ1) is 7.56. The molecule has 0 aromatic heterocycles. The molecule has 0 fully saturated rings. The average Bonchev–Trinajstić information content (AvgIpc) is 2.23. The summed E-state index contributed by atoms with van der Waals surface area (Å²) in [7, 11) is -1.64. The molecule has 0 bridgehead atoms. The van der Waals surface area contributed by atoms with E-state index in [1.165, 1.54) is 12.1 Å². The first kappa shape index (κ1) is 13.0. The van der Waals surface area contributed by atoms with Crippen molar-refractivity contribution >= 4 is 12.6 Å². The fourth-order valence-electron chi connectivity index (χ4n) is 1.34. The van der Waals surface area contributed by atoms with Gasteiger partial charge in [-0.15, -0.1) is 0 Å². The number of rotatable bonds is 5. The van der Waals surface area contributed by atoms with E-state index in [1.807, 2.05) is 6.92 Å². The number of unbranched alkanes of at least 4 members (excludes halogenated alkanes) is 1. The van der Waals surface area contributed by atoms with Gasteiger partial charge in [0.05, 0.1) is 6.61 Å². The second kappa shape index (κ2) is 5.87. The van der Waals surface area contributed by atoms with Crippen LogP contribution in [0.2, 0.25) is 0 Å². The fraction of sp³-hybridized carbons (Fsp3) is 0.455. The summed E-state index contributed by atoms with van der Waals surface area (Å²) in [6, 6.07) is 2.58. The lowest BCUT2D eigenvalue weighted by atomic mass is 9.78. The molecule has 0 heterocycles. The summed E-state index contributed by atoms with van der Waals surface area (Å²) >= 11 is 0. The van der Waals surface area contributed by atoms with Gasteiger partial charge in [0, 0.05) is 11.5 Å². The number of aryl methyl sites for hydroxylation is 1. The molecule has 2 N–H and O–H groups in total. The van der Waals surface area contributed by atoms with Gasteiger partial charge >= 0.3 is 7.12 Å². The molecule has 0 radical (unpaired) electrons. The number of hydrogen-bond donors (Lipinski definition) is 2. The SMILES string of the molecule is CCCCOc1cc(F)c(C)cc1B(O)O. The molecule has 0 spiro atoms. The zero-order chi connectivity index (χ0) is 12.1. The predicted octanol–water partition coefficient (Wildman–Crippen LogP) is 0.993. The van der Waals surface area contributed by atoms with E-state index in [1.54, 1.807) is 6.92 Å². The Hall–Kier alpha value is -1.07. The maximum Gasteiger partial charge on any atom is 0.492 e. The van der Waals surface area contributed by atoms with Crippen molar-refractivity contribution in [1.29, 1.82) is 0 Å². The molecular formula is C11H16BFO3. The van der Waals surface area contributed by atoms with Gasteiger partial charge in [-0.3, -0.25) is 0 Å². The summed E-state index contributed by atoms with van der Waals surface area (Å²) in [5, 5.41) is 18.3. The molecule has 3 nitrogen and oxygen atoms in total. The molecule has 0 saturated heterocycles. The molecule has 0 aliphatic heterocycles. The Kier molecular flexibility index (Phi) is 4.77. The first-order valence-corrected chi connectivity index (χ1v) is 5.35. The third-order valence-corrected chi connectivity index (χ3v) is 2.32. The number of ether oxygens (including phenoxy) is 1. The van der Waals surface area contributed by atoms with E-state index in [2.05, 4.69) is 0 Å². The number of benzene rings is 1. The minimum Gasteiger partial charge on any atom is -0.494 e. The normalized spacial score (nSPS) is 10.3. The largest absolute Gasteiger partial charge is 0.494 e. The molecule has 1 aromatic carbocycles. The Balaban J connectivity index is 2.91. The Morgan fingerprint density at radius 3 is 2.62 bits per heavy atom. The van der Waals surface area contributed by atoms with Gasteiger partial charge in [-0.05, 0) is 18.9 Å². The highest BCUT2D eigenvalue weighted by Crippen LogP contribution is 2.14. The standard InChI is InChI=1S/C11H16BFO3/c1-3-4-5-16-11-7-10(13)8(2)6-9(11)12(14)15/h6-7,14-15H,3-5H2,1-2H3. The van der Waals surface area contributed by atoms with Crippen LogP contribution in [0, 0.1) is 12.7 Å². The Morgan fingerprint density at radius 2 is 2.06 bits per heavy atom. The second-order valence-electron chi connectivity index (χ2n) is 3.71. The van der Waals surface area contributed by atoms with Gasteiger partial charge in [0.15, 0.2) is 0 Å². The molecule has 0 saturated carbocycles. The minimum absolute atomic E-state index is 0.201. The molecule has 5 heteroatoms. The average molecular weight is 226 g/mol. The van der Waals surface area contributed by atoms with Crippen LogP contribution in [0.1, 0.15) is 25.3 Å². The lowest BCUT2D eigenvalue weighted by Crippen LogP contribution is -2.32. The highest BCUT2D eigenvalue weighted by atomic mass is 19.1. The minimum atomic E-state index is -1.64. The molecule has 0 atom stereocenters. The van der Waals surface area contributed by atoms with Crippen molar-refractivity contribution in [3.05, 3.63) is 23.5 Å². The van der Waals surface area contributed by atoms with Crippen molar-refractivity contribution < 1.29 is 19.2 Å². The van der Waals surface area contributed by atoms with E-state index < -0.39 is 12.9 Å². The molecule has 0 amide bonds. The van der Waals surface area contributed by atoms with Gasteiger partial charge in [-0.1, -0.05) is 19.4 Å². The van der Waals surface area contributed by atoms with E-state index >= 15 is 0 Å². The summed E-state index contributed by atoms with van der Waals surface area (Å²) in [4.78, 5) is 0. The summed E-state index contributed by atoms with van der Waals surface area (Å²) < 4.78 is 18.6. The topological polar surface area (TPSA) is 49.7 Å². The Morgan fingerprint density at radius 1 is 1.38 bits per heavy atom. The monoisotopic (exact) mass is 226 g/mol. The van der Waals surface area contributed by atoms with Gasteiger partial charge in [-0.25, -0.2) is 4.39 Å². The Bertz CT molecular complexity index is 355. The van der Waals surface area contributed by atoms with Gasteiger partial charge in [-0.2, -0.15) is 0 Å². The summed E-state index contributed by atoms with van der Waals surface area (Å²) in [6.45, 7) is 4.02. The predicted molar refractivity (Wildman–Crippen MR) is 61.4 cm³/mol. The molecule has 1 aromatic rings. The maximum atomic E-state index is 13.3. The van der Waals surface area contributed by atoms with Crippen molar-refractivity contribution in [3.63, 3.8) is 0 Å². The third-order valence-electron chi connectivity index (χ3n) is 2.32. The highest BCUT2D eigenvalue weighted by molar-refractivity contribution is 6.59. The quantitative estimate of drug-likeness (QED) is 0.581. The van der Waals surface area contributed by atoms with Crippen LogP contribution < -0.4 is 10.2 Å². The summed E-state index contributed by atoms with van der Waals surface area (Å²) in [6.07, 6.45) is 1.81. The fourth-order valence-corrected chi connectivity index (χ4v) is 1.34. The van der Waals surface area contributed by atoms with Crippen molar-refractivity contribution in [2.45, 2.75) is 26.7 Å². The highest BCUT2D eigenvalue weighted by Gasteiger charge is 2.19. The van der Waals surface area contributed by atoms with E-state index in [-0.39, 0.29) is 11.2 Å². The molecule has 16 heavy (non-hydrogen) atoms. The van der Waals surface area contributed by atoms with Crippen molar-refractivity contribution in [1.82, 2.24) is 0 Å². The molecular weight excluding hydrogens is 210 g/mol. The summed E-state index contributed by atoms with van der Waals surface area (Å²) in [5.41, 5.74) is 0.570. The molecule has 88 valence electrons. The van der Waals surface area contributed by atoms with Crippen LogP contribution in [0.5, 0.6) is 5.75 Å². The van der Waals surface area contributed by atoms with Gasteiger partial charge in [0.2, 0.25) is 0 Å². The first-order valence-electron chi connectivity index (χ1n) is 5.35. The van der Waals surface area contributed by atoms with Gasteiger partial charge < -0.3 is 14.8 Å². The number of hydrogen-bond acceptors (Lipinski definition) is 3. The smallest absolute Gasteiger partial charge is 0.492 e. The third kappa shape index (κ3) is 3.22. The van der Waals surface area contributed by atoms with Crippen molar-refractivity contribution in [2.24, 2.45) is 0 Å². The van der Waals surface area contributed by atoms with Crippen LogP contribution in [0.15, 0.2) is 12.1 Å². The summed E-state index contributed by atoms with van der Waals surface area (Å²) in [5.74, 6) is -0.206. The van der Waals surface area contributed by atoms with Crippen LogP contribution >= 0.6 is 0 Å². The van der Waals surface area contributed by atoms with Gasteiger partial charge in [0.25, 0.3) is 0 Å². The Labute approximate surface area is 95.0 Å². The zero-order valence-electron chi connectivity index (χ0n) is 9.53. The van der Waals surface area contributed by atoms with Crippen molar-refractivity contribution in [3.8, 4) is 5.75 Å². The molecule has 0 unspecified atom stereocenters.